The quantitative estimate of drug-likeness (QED) is 0.537. The molecule has 2 N–H and O–H groups in total. The van der Waals surface area contributed by atoms with Crippen LogP contribution < -0.4 is 5.32 Å². The summed E-state index contributed by atoms with van der Waals surface area (Å²) < 4.78 is 0. The Balaban J connectivity index is 1.65. The number of carbonyl (C=O) groups is 1. The lowest BCUT2D eigenvalue weighted by Gasteiger charge is -2.18. The molecule has 0 bridgehead atoms. The van der Waals surface area contributed by atoms with Crippen LogP contribution in [0.4, 0.5) is 11.6 Å². The van der Waals surface area contributed by atoms with E-state index < -0.39 is 5.97 Å². The van der Waals surface area contributed by atoms with Crippen molar-refractivity contribution in [1.29, 1.82) is 0 Å². The Hall–Kier alpha value is -3.00. The molecule has 0 spiro atoms. The van der Waals surface area contributed by atoms with Gasteiger partial charge in [-0.3, -0.25) is 0 Å². The number of anilines is 2. The first-order chi connectivity index (χ1) is 12.6. The van der Waals surface area contributed by atoms with Crippen LogP contribution in [0.3, 0.4) is 0 Å². The maximum Gasteiger partial charge on any atom is 0.335 e. The van der Waals surface area contributed by atoms with Gasteiger partial charge < -0.3 is 10.4 Å². The number of carboxylic acid groups (broad SMARTS) is 1. The minimum atomic E-state index is -0.956. The molecular weight excluding hydrogens is 350 g/mol. The van der Waals surface area contributed by atoms with Crippen molar-refractivity contribution in [2.24, 2.45) is 0 Å². The fourth-order valence-electron chi connectivity index (χ4n) is 2.85. The van der Waals surface area contributed by atoms with Crippen molar-refractivity contribution in [2.75, 3.05) is 11.6 Å². The summed E-state index contributed by atoms with van der Waals surface area (Å²) >= 11 is 1.52. The van der Waals surface area contributed by atoms with Gasteiger partial charge in [-0.05, 0) is 48.9 Å². The molecule has 0 fully saturated rings. The van der Waals surface area contributed by atoms with Crippen LogP contribution in [-0.4, -0.2) is 37.3 Å². The zero-order valence-electron chi connectivity index (χ0n) is 13.9. The second kappa shape index (κ2) is 6.72. The lowest BCUT2D eigenvalue weighted by atomic mass is 9.95. The molecule has 0 radical (unpaired) electrons. The molecule has 2 aromatic heterocycles. The van der Waals surface area contributed by atoms with Crippen molar-refractivity contribution >= 4 is 29.4 Å². The van der Waals surface area contributed by atoms with Gasteiger partial charge in [0.2, 0.25) is 5.95 Å². The standard InChI is InChI=1S/C18H15N5O2S/c1-26-18-20-9-13-14(22-18)7-4-11-8-19-17(23-15(11)13)21-12-5-2-10(3-6-12)16(24)25/h2-3,5-6,8-9H,4,7H2,1H3,(H,24,25)(H,19,21,23). The fraction of sp³-hybridized carbons (Fsp3) is 0.167. The van der Waals surface area contributed by atoms with Gasteiger partial charge >= 0.3 is 5.97 Å². The minimum Gasteiger partial charge on any atom is -0.478 e. The highest BCUT2D eigenvalue weighted by molar-refractivity contribution is 7.98. The molecule has 0 atom stereocenters. The van der Waals surface area contributed by atoms with E-state index in [0.717, 1.165) is 46.2 Å². The summed E-state index contributed by atoms with van der Waals surface area (Å²) in [6, 6.07) is 6.45. The third-order valence-electron chi connectivity index (χ3n) is 4.17. The van der Waals surface area contributed by atoms with Crippen molar-refractivity contribution in [3.63, 3.8) is 0 Å². The number of rotatable bonds is 4. The predicted molar refractivity (Wildman–Crippen MR) is 98.9 cm³/mol. The van der Waals surface area contributed by atoms with Gasteiger partial charge in [-0.1, -0.05) is 11.8 Å². The maximum absolute atomic E-state index is 10.9. The van der Waals surface area contributed by atoms with Crippen LogP contribution >= 0.6 is 11.8 Å². The minimum absolute atomic E-state index is 0.234. The maximum atomic E-state index is 10.9. The largest absolute Gasteiger partial charge is 0.478 e. The summed E-state index contributed by atoms with van der Waals surface area (Å²) in [4.78, 5) is 28.9. The molecule has 1 aliphatic carbocycles. The first kappa shape index (κ1) is 16.5. The lowest BCUT2D eigenvalue weighted by Crippen LogP contribution is -2.11. The van der Waals surface area contributed by atoms with Crippen LogP contribution in [0.5, 0.6) is 0 Å². The molecule has 0 aliphatic heterocycles. The Labute approximate surface area is 154 Å². The second-order valence-corrected chi connectivity index (χ2v) is 6.57. The Morgan fingerprint density at radius 1 is 1.12 bits per heavy atom. The summed E-state index contributed by atoms with van der Waals surface area (Å²) in [6.07, 6.45) is 7.30. The van der Waals surface area contributed by atoms with Crippen LogP contribution in [0.2, 0.25) is 0 Å². The zero-order valence-corrected chi connectivity index (χ0v) is 14.7. The Kier molecular flexibility index (Phi) is 4.26. The smallest absolute Gasteiger partial charge is 0.335 e. The number of aryl methyl sites for hydroxylation is 2. The molecule has 3 aromatic rings. The van der Waals surface area contributed by atoms with Crippen LogP contribution in [0.1, 0.15) is 21.6 Å². The third-order valence-corrected chi connectivity index (χ3v) is 4.73. The number of nitrogens with zero attached hydrogens (tertiary/aromatic N) is 4. The van der Waals surface area contributed by atoms with Gasteiger partial charge in [0.15, 0.2) is 5.16 Å². The Morgan fingerprint density at radius 3 is 2.65 bits per heavy atom. The van der Waals surface area contributed by atoms with E-state index in [1.54, 1.807) is 12.1 Å². The van der Waals surface area contributed by atoms with Gasteiger partial charge in [0.25, 0.3) is 0 Å². The summed E-state index contributed by atoms with van der Waals surface area (Å²) in [6.45, 7) is 0. The van der Waals surface area contributed by atoms with Crippen LogP contribution in [0.25, 0.3) is 11.3 Å². The molecule has 130 valence electrons. The highest BCUT2D eigenvalue weighted by atomic mass is 32.2. The SMILES string of the molecule is CSc1ncc2c(n1)CCc1cnc(Nc3ccc(C(=O)O)cc3)nc1-2. The summed E-state index contributed by atoms with van der Waals surface area (Å²) in [7, 11) is 0. The van der Waals surface area contributed by atoms with E-state index in [1.165, 1.54) is 23.9 Å². The van der Waals surface area contributed by atoms with Gasteiger partial charge in [0.1, 0.15) is 0 Å². The molecule has 7 nitrogen and oxygen atoms in total. The van der Waals surface area contributed by atoms with Crippen LogP contribution in [-0.2, 0) is 12.8 Å². The lowest BCUT2D eigenvalue weighted by molar-refractivity contribution is 0.0697. The van der Waals surface area contributed by atoms with E-state index >= 15 is 0 Å². The first-order valence-electron chi connectivity index (χ1n) is 8.00. The second-order valence-electron chi connectivity index (χ2n) is 5.79. The molecule has 26 heavy (non-hydrogen) atoms. The van der Waals surface area contributed by atoms with E-state index in [0.29, 0.717) is 5.95 Å². The number of fused-ring (bicyclic) bond motifs is 3. The van der Waals surface area contributed by atoms with E-state index in [9.17, 15) is 4.79 Å². The Bertz CT molecular complexity index is 991. The summed E-state index contributed by atoms with van der Waals surface area (Å²) in [5.41, 5.74) is 4.82. The average molecular weight is 365 g/mol. The molecule has 0 amide bonds. The molecule has 1 aliphatic rings. The van der Waals surface area contributed by atoms with Gasteiger partial charge in [-0.25, -0.2) is 24.7 Å². The molecular formula is C18H15N5O2S. The highest BCUT2D eigenvalue weighted by Crippen LogP contribution is 2.31. The monoisotopic (exact) mass is 365 g/mol. The van der Waals surface area contributed by atoms with E-state index in [1.807, 2.05) is 18.6 Å². The molecule has 8 heteroatoms. The molecule has 0 saturated carbocycles. The zero-order chi connectivity index (χ0) is 18.1. The summed E-state index contributed by atoms with van der Waals surface area (Å²) in [5, 5.41) is 12.8. The van der Waals surface area contributed by atoms with Crippen molar-refractivity contribution < 1.29 is 9.90 Å². The molecule has 0 saturated heterocycles. The highest BCUT2D eigenvalue weighted by Gasteiger charge is 2.20. The van der Waals surface area contributed by atoms with Gasteiger partial charge in [-0.15, -0.1) is 0 Å². The number of benzene rings is 1. The fourth-order valence-corrected chi connectivity index (χ4v) is 3.21. The average Bonchev–Trinajstić information content (AvgIpc) is 2.67. The number of thioether (sulfide) groups is 1. The van der Waals surface area contributed by atoms with Crippen LogP contribution in [0.15, 0.2) is 41.8 Å². The van der Waals surface area contributed by atoms with E-state index in [2.05, 4.69) is 25.3 Å². The third kappa shape index (κ3) is 3.11. The molecule has 1 aromatic carbocycles. The summed E-state index contributed by atoms with van der Waals surface area (Å²) in [5.74, 6) is -0.503. The van der Waals surface area contributed by atoms with Crippen molar-refractivity contribution in [1.82, 2.24) is 19.9 Å². The number of hydrogen-bond donors (Lipinski definition) is 2. The number of aromatic carboxylic acids is 1. The molecule has 0 unspecified atom stereocenters. The number of carboxylic acids is 1. The number of aromatic nitrogens is 4. The van der Waals surface area contributed by atoms with Crippen molar-refractivity contribution in [2.45, 2.75) is 18.0 Å². The Morgan fingerprint density at radius 2 is 1.92 bits per heavy atom. The van der Waals surface area contributed by atoms with E-state index in [-0.39, 0.29) is 5.56 Å². The first-order valence-corrected chi connectivity index (χ1v) is 9.23. The van der Waals surface area contributed by atoms with Crippen molar-refractivity contribution in [3.05, 3.63) is 53.5 Å². The van der Waals surface area contributed by atoms with E-state index in [4.69, 9.17) is 5.11 Å². The number of nitrogens with one attached hydrogen (secondary N) is 1. The normalized spacial score (nSPS) is 12.2. The topological polar surface area (TPSA) is 101 Å². The van der Waals surface area contributed by atoms with Crippen molar-refractivity contribution in [3.8, 4) is 11.3 Å². The molecule has 2 heterocycles. The van der Waals surface area contributed by atoms with Gasteiger partial charge in [-0.2, -0.15) is 0 Å². The predicted octanol–water partition coefficient (Wildman–Crippen LogP) is 3.20. The van der Waals surface area contributed by atoms with Gasteiger partial charge in [0.05, 0.1) is 17.0 Å². The number of hydrogen-bond acceptors (Lipinski definition) is 7. The van der Waals surface area contributed by atoms with Gasteiger partial charge in [0, 0.05) is 23.6 Å². The van der Waals surface area contributed by atoms with Crippen LogP contribution in [0, 0.1) is 0 Å². The molecule has 4 rings (SSSR count).